The van der Waals surface area contributed by atoms with E-state index in [4.69, 9.17) is 16.3 Å². The summed E-state index contributed by atoms with van der Waals surface area (Å²) in [6.45, 7) is 3.28. The number of methoxy groups -OCH3 is 1. The zero-order valence-electron chi connectivity index (χ0n) is 14.2. The molecule has 0 radical (unpaired) electrons. The van der Waals surface area contributed by atoms with Crippen molar-refractivity contribution in [1.29, 1.82) is 0 Å². The SMILES string of the molecule is COc1ccc(NC(=O)/C(=C/c2ccccc2C)NC(C)=O)cc1Cl. The van der Waals surface area contributed by atoms with Crippen molar-refractivity contribution < 1.29 is 14.3 Å². The van der Waals surface area contributed by atoms with Gasteiger partial charge in [-0.25, -0.2) is 0 Å². The normalized spacial score (nSPS) is 11.0. The molecule has 0 saturated heterocycles. The van der Waals surface area contributed by atoms with E-state index in [0.717, 1.165) is 11.1 Å². The number of ether oxygens (including phenoxy) is 1. The predicted octanol–water partition coefficient (Wildman–Crippen LogP) is 3.77. The summed E-state index contributed by atoms with van der Waals surface area (Å²) >= 11 is 6.07. The highest BCUT2D eigenvalue weighted by Gasteiger charge is 2.13. The van der Waals surface area contributed by atoms with Crippen LogP contribution in [0.4, 0.5) is 5.69 Å². The Bertz CT molecular complexity index is 831. The number of aryl methyl sites for hydroxylation is 1. The first-order chi connectivity index (χ1) is 11.9. The number of rotatable bonds is 5. The fourth-order valence-corrected chi connectivity index (χ4v) is 2.45. The second kappa shape index (κ2) is 8.35. The van der Waals surface area contributed by atoms with Crippen LogP contribution in [0.5, 0.6) is 5.75 Å². The third-order valence-electron chi connectivity index (χ3n) is 3.45. The van der Waals surface area contributed by atoms with Crippen LogP contribution < -0.4 is 15.4 Å². The number of carbonyl (C=O) groups is 2. The molecule has 0 saturated carbocycles. The molecule has 0 aliphatic heterocycles. The molecule has 0 atom stereocenters. The van der Waals surface area contributed by atoms with Crippen LogP contribution in [-0.4, -0.2) is 18.9 Å². The zero-order chi connectivity index (χ0) is 18.4. The van der Waals surface area contributed by atoms with Crippen molar-refractivity contribution in [1.82, 2.24) is 5.32 Å². The smallest absolute Gasteiger partial charge is 0.272 e. The fourth-order valence-electron chi connectivity index (χ4n) is 2.19. The van der Waals surface area contributed by atoms with Gasteiger partial charge in [-0.2, -0.15) is 0 Å². The second-order valence-corrected chi connectivity index (χ2v) is 5.81. The van der Waals surface area contributed by atoms with Crippen LogP contribution in [0.15, 0.2) is 48.2 Å². The van der Waals surface area contributed by atoms with Crippen molar-refractivity contribution in [2.75, 3.05) is 12.4 Å². The molecule has 2 rings (SSSR count). The van der Waals surface area contributed by atoms with E-state index in [-0.39, 0.29) is 11.6 Å². The van der Waals surface area contributed by atoms with Gasteiger partial charge >= 0.3 is 0 Å². The summed E-state index contributed by atoms with van der Waals surface area (Å²) in [7, 11) is 1.51. The molecule has 6 heteroatoms. The lowest BCUT2D eigenvalue weighted by Crippen LogP contribution is -2.29. The highest BCUT2D eigenvalue weighted by Crippen LogP contribution is 2.27. The molecule has 0 bridgehead atoms. The van der Waals surface area contributed by atoms with E-state index in [9.17, 15) is 9.59 Å². The Morgan fingerprint density at radius 2 is 1.88 bits per heavy atom. The lowest BCUT2D eigenvalue weighted by atomic mass is 10.1. The van der Waals surface area contributed by atoms with Crippen molar-refractivity contribution in [3.05, 3.63) is 64.3 Å². The molecule has 2 aromatic rings. The average molecular weight is 359 g/mol. The van der Waals surface area contributed by atoms with E-state index < -0.39 is 5.91 Å². The monoisotopic (exact) mass is 358 g/mol. The molecule has 2 amide bonds. The van der Waals surface area contributed by atoms with Crippen LogP contribution in [-0.2, 0) is 9.59 Å². The molecule has 0 fully saturated rings. The summed E-state index contributed by atoms with van der Waals surface area (Å²) in [4.78, 5) is 24.0. The van der Waals surface area contributed by atoms with E-state index in [2.05, 4.69) is 10.6 Å². The van der Waals surface area contributed by atoms with Gasteiger partial charge in [-0.15, -0.1) is 0 Å². The van der Waals surface area contributed by atoms with Crippen LogP contribution in [0, 0.1) is 6.92 Å². The number of hydrogen-bond donors (Lipinski definition) is 2. The minimum Gasteiger partial charge on any atom is -0.495 e. The molecule has 0 unspecified atom stereocenters. The Morgan fingerprint density at radius 1 is 1.16 bits per heavy atom. The number of amides is 2. The molecule has 25 heavy (non-hydrogen) atoms. The number of hydrogen-bond acceptors (Lipinski definition) is 3. The maximum Gasteiger partial charge on any atom is 0.272 e. The highest BCUT2D eigenvalue weighted by molar-refractivity contribution is 6.32. The number of carbonyl (C=O) groups excluding carboxylic acids is 2. The number of anilines is 1. The predicted molar refractivity (Wildman–Crippen MR) is 99.6 cm³/mol. The Morgan fingerprint density at radius 3 is 2.48 bits per heavy atom. The van der Waals surface area contributed by atoms with Crippen LogP contribution in [0.25, 0.3) is 6.08 Å². The number of benzene rings is 2. The largest absolute Gasteiger partial charge is 0.495 e. The van der Waals surface area contributed by atoms with Gasteiger partial charge in [0, 0.05) is 12.6 Å². The van der Waals surface area contributed by atoms with Gasteiger partial charge in [0.15, 0.2) is 0 Å². The molecular formula is C19H19ClN2O3. The van der Waals surface area contributed by atoms with Gasteiger partial charge in [0.1, 0.15) is 11.4 Å². The minimum absolute atomic E-state index is 0.147. The van der Waals surface area contributed by atoms with Crippen molar-refractivity contribution in [3.8, 4) is 5.75 Å². The van der Waals surface area contributed by atoms with Gasteiger partial charge < -0.3 is 15.4 Å². The van der Waals surface area contributed by atoms with Gasteiger partial charge in [-0.1, -0.05) is 35.9 Å². The lowest BCUT2D eigenvalue weighted by Gasteiger charge is -2.11. The van der Waals surface area contributed by atoms with Gasteiger partial charge in [-0.3, -0.25) is 9.59 Å². The minimum atomic E-state index is -0.445. The fraction of sp³-hybridized carbons (Fsp3) is 0.158. The lowest BCUT2D eigenvalue weighted by molar-refractivity contribution is -0.120. The summed E-state index contributed by atoms with van der Waals surface area (Å²) in [5.41, 5.74) is 2.48. The van der Waals surface area contributed by atoms with E-state index in [1.807, 2.05) is 31.2 Å². The molecule has 0 heterocycles. The number of halogens is 1. The molecule has 0 spiro atoms. The molecule has 5 nitrogen and oxygen atoms in total. The van der Waals surface area contributed by atoms with Crippen molar-refractivity contribution in [3.63, 3.8) is 0 Å². The van der Waals surface area contributed by atoms with Crippen molar-refractivity contribution in [2.24, 2.45) is 0 Å². The summed E-state index contributed by atoms with van der Waals surface area (Å²) < 4.78 is 5.08. The van der Waals surface area contributed by atoms with E-state index in [0.29, 0.717) is 16.5 Å². The Kier molecular flexibility index (Phi) is 6.19. The second-order valence-electron chi connectivity index (χ2n) is 5.40. The standard InChI is InChI=1S/C19H19ClN2O3/c1-12-6-4-5-7-14(12)10-17(21-13(2)23)19(24)22-15-8-9-18(25-3)16(20)11-15/h4-11H,1-3H3,(H,21,23)(H,22,24)/b17-10-. The molecule has 130 valence electrons. The first-order valence-electron chi connectivity index (χ1n) is 7.60. The maximum absolute atomic E-state index is 12.6. The van der Waals surface area contributed by atoms with Crippen molar-refractivity contribution in [2.45, 2.75) is 13.8 Å². The van der Waals surface area contributed by atoms with Gasteiger partial charge in [0.05, 0.1) is 12.1 Å². The topological polar surface area (TPSA) is 67.4 Å². The number of nitrogens with one attached hydrogen (secondary N) is 2. The Labute approximate surface area is 151 Å². The van der Waals surface area contributed by atoms with Crippen LogP contribution in [0.2, 0.25) is 5.02 Å². The molecule has 2 N–H and O–H groups in total. The molecule has 0 aromatic heterocycles. The third-order valence-corrected chi connectivity index (χ3v) is 3.75. The molecular weight excluding hydrogens is 340 g/mol. The maximum atomic E-state index is 12.6. The van der Waals surface area contributed by atoms with Gasteiger partial charge in [-0.05, 0) is 42.3 Å². The Hall–Kier alpha value is -2.79. The van der Waals surface area contributed by atoms with E-state index >= 15 is 0 Å². The molecule has 2 aromatic carbocycles. The first-order valence-corrected chi connectivity index (χ1v) is 7.98. The summed E-state index contributed by atoms with van der Waals surface area (Å²) in [6.07, 6.45) is 1.64. The summed E-state index contributed by atoms with van der Waals surface area (Å²) in [5, 5.41) is 5.66. The first kappa shape index (κ1) is 18.5. The quantitative estimate of drug-likeness (QED) is 0.799. The molecule has 0 aliphatic rings. The van der Waals surface area contributed by atoms with E-state index in [1.54, 1.807) is 24.3 Å². The third kappa shape index (κ3) is 5.09. The van der Waals surface area contributed by atoms with Crippen LogP contribution in [0.1, 0.15) is 18.1 Å². The Balaban J connectivity index is 2.28. The van der Waals surface area contributed by atoms with Crippen LogP contribution >= 0.6 is 11.6 Å². The van der Waals surface area contributed by atoms with Gasteiger partial charge in [0.25, 0.3) is 5.91 Å². The van der Waals surface area contributed by atoms with Crippen LogP contribution in [0.3, 0.4) is 0 Å². The van der Waals surface area contributed by atoms with Gasteiger partial charge in [0.2, 0.25) is 5.91 Å². The average Bonchev–Trinajstić information content (AvgIpc) is 2.56. The highest BCUT2D eigenvalue weighted by atomic mass is 35.5. The zero-order valence-corrected chi connectivity index (χ0v) is 15.0. The molecule has 0 aliphatic carbocycles. The summed E-state index contributed by atoms with van der Waals surface area (Å²) in [6, 6.07) is 12.5. The summed E-state index contributed by atoms with van der Waals surface area (Å²) in [5.74, 6) is -0.264. The van der Waals surface area contributed by atoms with E-state index in [1.165, 1.54) is 14.0 Å². The van der Waals surface area contributed by atoms with Crippen molar-refractivity contribution >= 4 is 35.2 Å².